The minimum Gasteiger partial charge on any atom is -0.396 e. The highest BCUT2D eigenvalue weighted by Gasteiger charge is 1.93. The zero-order valence-electron chi connectivity index (χ0n) is 6.03. The second-order valence-corrected chi connectivity index (χ2v) is 3.16. The van der Waals surface area contributed by atoms with Crippen molar-refractivity contribution in [2.24, 2.45) is 0 Å². The molecular formula is C7H10N2OS. The highest BCUT2D eigenvalue weighted by Crippen LogP contribution is 2.17. The van der Waals surface area contributed by atoms with E-state index >= 15 is 0 Å². The van der Waals surface area contributed by atoms with E-state index in [-0.39, 0.29) is 6.61 Å². The fraction of sp³-hybridized carbons (Fsp3) is 0.286. The molecule has 1 aromatic rings. The molecule has 3 nitrogen and oxygen atoms in total. The zero-order valence-corrected chi connectivity index (χ0v) is 6.84. The molecule has 60 valence electrons. The molecule has 0 atom stereocenters. The second kappa shape index (κ2) is 4.20. The molecule has 4 heteroatoms. The summed E-state index contributed by atoms with van der Waals surface area (Å²) in [5.41, 5.74) is 5.44. The van der Waals surface area contributed by atoms with Crippen LogP contribution >= 0.6 is 11.8 Å². The van der Waals surface area contributed by atoms with Gasteiger partial charge in [-0.2, -0.15) is 0 Å². The van der Waals surface area contributed by atoms with E-state index in [4.69, 9.17) is 10.8 Å². The molecule has 0 aliphatic rings. The van der Waals surface area contributed by atoms with E-state index in [0.717, 1.165) is 4.90 Å². The van der Waals surface area contributed by atoms with E-state index in [1.54, 1.807) is 24.0 Å². The smallest absolute Gasteiger partial charge is 0.124 e. The van der Waals surface area contributed by atoms with Crippen LogP contribution in [0.15, 0.2) is 23.2 Å². The normalized spacial score (nSPS) is 9.91. The Balaban J connectivity index is 2.56. The highest BCUT2D eigenvalue weighted by atomic mass is 32.2. The summed E-state index contributed by atoms with van der Waals surface area (Å²) in [6.07, 6.45) is 1.66. The summed E-state index contributed by atoms with van der Waals surface area (Å²) in [5, 5.41) is 8.53. The van der Waals surface area contributed by atoms with Gasteiger partial charge in [0.25, 0.3) is 0 Å². The van der Waals surface area contributed by atoms with Crippen molar-refractivity contribution in [2.75, 3.05) is 18.1 Å². The molecule has 11 heavy (non-hydrogen) atoms. The lowest BCUT2D eigenvalue weighted by molar-refractivity contribution is 0.322. The quantitative estimate of drug-likeness (QED) is 0.657. The van der Waals surface area contributed by atoms with Crippen LogP contribution < -0.4 is 5.73 Å². The number of hydrogen-bond donors (Lipinski definition) is 2. The van der Waals surface area contributed by atoms with Gasteiger partial charge in [0.05, 0.1) is 6.61 Å². The van der Waals surface area contributed by atoms with Crippen LogP contribution in [0.2, 0.25) is 0 Å². The molecule has 1 heterocycles. The lowest BCUT2D eigenvalue weighted by Crippen LogP contribution is -1.90. The Kier molecular flexibility index (Phi) is 3.19. The highest BCUT2D eigenvalue weighted by molar-refractivity contribution is 7.99. The maximum absolute atomic E-state index is 8.53. The number of nitrogen functional groups attached to an aromatic ring is 1. The van der Waals surface area contributed by atoms with Crippen LogP contribution in [0.4, 0.5) is 5.82 Å². The van der Waals surface area contributed by atoms with Crippen LogP contribution in [0.1, 0.15) is 0 Å². The number of hydrogen-bond acceptors (Lipinski definition) is 4. The Morgan fingerprint density at radius 1 is 1.64 bits per heavy atom. The average molecular weight is 170 g/mol. The standard InChI is InChI=1S/C7H10N2OS/c8-7-5-6(1-2-9-7)11-4-3-10/h1-2,5,10H,3-4H2,(H2,8,9). The first-order valence-corrected chi connectivity index (χ1v) is 4.26. The maximum Gasteiger partial charge on any atom is 0.124 e. The fourth-order valence-corrected chi connectivity index (χ4v) is 1.37. The SMILES string of the molecule is Nc1cc(SCCO)ccn1. The van der Waals surface area contributed by atoms with Gasteiger partial charge in [-0.3, -0.25) is 0 Å². The third kappa shape index (κ3) is 2.78. The van der Waals surface area contributed by atoms with Crippen LogP contribution in [0.5, 0.6) is 0 Å². The van der Waals surface area contributed by atoms with Gasteiger partial charge in [-0.05, 0) is 12.1 Å². The van der Waals surface area contributed by atoms with Gasteiger partial charge in [0, 0.05) is 16.8 Å². The van der Waals surface area contributed by atoms with Crippen LogP contribution in [0.25, 0.3) is 0 Å². The predicted octanol–water partition coefficient (Wildman–Crippen LogP) is 0.748. The van der Waals surface area contributed by atoms with Crippen LogP contribution in [0.3, 0.4) is 0 Å². The number of thioether (sulfide) groups is 1. The number of pyridine rings is 1. The van der Waals surface area contributed by atoms with Gasteiger partial charge in [0.1, 0.15) is 5.82 Å². The Morgan fingerprint density at radius 3 is 3.09 bits per heavy atom. The van der Waals surface area contributed by atoms with Gasteiger partial charge in [0.15, 0.2) is 0 Å². The molecule has 1 rings (SSSR count). The Labute approximate surface area is 69.6 Å². The number of aliphatic hydroxyl groups is 1. The van der Waals surface area contributed by atoms with Crippen molar-refractivity contribution in [2.45, 2.75) is 4.90 Å². The van der Waals surface area contributed by atoms with Crippen molar-refractivity contribution in [1.29, 1.82) is 0 Å². The molecule has 0 spiro atoms. The number of aliphatic hydroxyl groups excluding tert-OH is 1. The molecule has 0 aliphatic carbocycles. The maximum atomic E-state index is 8.53. The minimum atomic E-state index is 0.187. The van der Waals surface area contributed by atoms with Gasteiger partial charge in [-0.25, -0.2) is 4.98 Å². The molecule has 0 aliphatic heterocycles. The summed E-state index contributed by atoms with van der Waals surface area (Å²) < 4.78 is 0. The Hall–Kier alpha value is -0.740. The molecular weight excluding hydrogens is 160 g/mol. The molecule has 0 radical (unpaired) electrons. The molecule has 0 fully saturated rings. The van der Waals surface area contributed by atoms with Gasteiger partial charge >= 0.3 is 0 Å². The van der Waals surface area contributed by atoms with Gasteiger partial charge in [0.2, 0.25) is 0 Å². The first-order valence-electron chi connectivity index (χ1n) is 3.28. The third-order valence-electron chi connectivity index (χ3n) is 1.11. The largest absolute Gasteiger partial charge is 0.396 e. The molecule has 0 saturated carbocycles. The van der Waals surface area contributed by atoms with Crippen molar-refractivity contribution in [3.8, 4) is 0 Å². The van der Waals surface area contributed by atoms with E-state index in [9.17, 15) is 0 Å². The van der Waals surface area contributed by atoms with Crippen molar-refractivity contribution < 1.29 is 5.11 Å². The third-order valence-corrected chi connectivity index (χ3v) is 2.09. The van der Waals surface area contributed by atoms with E-state index in [0.29, 0.717) is 11.6 Å². The Morgan fingerprint density at radius 2 is 2.45 bits per heavy atom. The topological polar surface area (TPSA) is 59.1 Å². The predicted molar refractivity (Wildman–Crippen MR) is 46.5 cm³/mol. The molecule has 0 amide bonds. The van der Waals surface area contributed by atoms with Gasteiger partial charge < -0.3 is 10.8 Å². The zero-order chi connectivity index (χ0) is 8.10. The summed E-state index contributed by atoms with van der Waals surface area (Å²) in [7, 11) is 0. The summed E-state index contributed by atoms with van der Waals surface area (Å²) >= 11 is 1.56. The van der Waals surface area contributed by atoms with E-state index in [1.807, 2.05) is 6.07 Å². The van der Waals surface area contributed by atoms with E-state index in [2.05, 4.69) is 4.98 Å². The number of aromatic nitrogens is 1. The van der Waals surface area contributed by atoms with Crippen molar-refractivity contribution in [3.63, 3.8) is 0 Å². The second-order valence-electron chi connectivity index (χ2n) is 1.99. The molecule has 0 unspecified atom stereocenters. The van der Waals surface area contributed by atoms with Gasteiger partial charge in [-0.15, -0.1) is 11.8 Å². The number of rotatable bonds is 3. The van der Waals surface area contributed by atoms with Crippen molar-refractivity contribution in [3.05, 3.63) is 18.3 Å². The average Bonchev–Trinajstić information content (AvgIpc) is 2.01. The first-order chi connectivity index (χ1) is 5.33. The first kappa shape index (κ1) is 8.36. The number of nitrogens with zero attached hydrogens (tertiary/aromatic N) is 1. The lowest BCUT2D eigenvalue weighted by atomic mass is 10.5. The minimum absolute atomic E-state index is 0.187. The molecule has 1 aromatic heterocycles. The van der Waals surface area contributed by atoms with Gasteiger partial charge in [-0.1, -0.05) is 0 Å². The molecule has 3 N–H and O–H groups in total. The summed E-state index contributed by atoms with van der Waals surface area (Å²) in [4.78, 5) is 4.90. The number of anilines is 1. The van der Waals surface area contributed by atoms with Crippen LogP contribution in [-0.2, 0) is 0 Å². The van der Waals surface area contributed by atoms with Crippen LogP contribution in [0, 0.1) is 0 Å². The summed E-state index contributed by atoms with van der Waals surface area (Å²) in [6.45, 7) is 0.187. The van der Waals surface area contributed by atoms with Crippen molar-refractivity contribution >= 4 is 17.6 Å². The van der Waals surface area contributed by atoms with E-state index in [1.165, 1.54) is 0 Å². The van der Waals surface area contributed by atoms with Crippen LogP contribution in [-0.4, -0.2) is 22.5 Å². The van der Waals surface area contributed by atoms with E-state index < -0.39 is 0 Å². The molecule has 0 aromatic carbocycles. The van der Waals surface area contributed by atoms with Crippen molar-refractivity contribution in [1.82, 2.24) is 4.98 Å². The lowest BCUT2D eigenvalue weighted by Gasteiger charge is -1.98. The molecule has 0 bridgehead atoms. The Bertz CT molecular complexity index is 229. The summed E-state index contributed by atoms with van der Waals surface area (Å²) in [6, 6.07) is 3.66. The summed E-state index contributed by atoms with van der Waals surface area (Å²) in [5.74, 6) is 1.22. The molecule has 0 saturated heterocycles. The fourth-order valence-electron chi connectivity index (χ4n) is 0.681. The number of nitrogens with two attached hydrogens (primary N) is 1. The monoisotopic (exact) mass is 170 g/mol.